The lowest BCUT2D eigenvalue weighted by Crippen LogP contribution is -2.41. The summed E-state index contributed by atoms with van der Waals surface area (Å²) in [5.74, 6) is 0.315. The monoisotopic (exact) mass is 414 g/mol. The van der Waals surface area contributed by atoms with E-state index in [4.69, 9.17) is 0 Å². The fraction of sp³-hybridized carbons (Fsp3) is 0.524. The van der Waals surface area contributed by atoms with Crippen molar-refractivity contribution in [1.82, 2.24) is 24.9 Å². The molecule has 1 aliphatic heterocycles. The van der Waals surface area contributed by atoms with Gasteiger partial charge in [0.05, 0.1) is 10.5 Å². The Labute approximate surface area is 176 Å². The van der Waals surface area contributed by atoms with Gasteiger partial charge >= 0.3 is 0 Å². The van der Waals surface area contributed by atoms with Gasteiger partial charge in [0.25, 0.3) is 11.6 Å². The number of nitrogens with zero attached hydrogens (tertiary/aromatic N) is 5. The van der Waals surface area contributed by atoms with Crippen molar-refractivity contribution in [1.29, 1.82) is 0 Å². The molecule has 1 aliphatic rings. The molecule has 0 aliphatic carbocycles. The summed E-state index contributed by atoms with van der Waals surface area (Å²) in [6, 6.07) is 6.10. The van der Waals surface area contributed by atoms with Crippen LogP contribution in [0.25, 0.3) is 11.3 Å². The van der Waals surface area contributed by atoms with E-state index in [0.717, 1.165) is 39.0 Å². The number of carbonyl (C=O) groups is 1. The maximum atomic E-state index is 12.8. The minimum absolute atomic E-state index is 0.0117. The van der Waals surface area contributed by atoms with Gasteiger partial charge in [-0.2, -0.15) is 5.10 Å². The Kier molecular flexibility index (Phi) is 7.17. The van der Waals surface area contributed by atoms with Gasteiger partial charge in [0.1, 0.15) is 5.69 Å². The lowest BCUT2D eigenvalue weighted by molar-refractivity contribution is -0.384. The number of nitrogens with one attached hydrogen (secondary N) is 1. The molecule has 0 spiro atoms. The SMILES string of the molecule is CN(C)CCN1CCC(CNC(=O)c2cn(C)nc2-c2ccc([N+](=O)[O-])cc2)CC1. The molecule has 1 amide bonds. The Balaban J connectivity index is 1.57. The Bertz CT molecular complexity index is 869. The van der Waals surface area contributed by atoms with Crippen LogP contribution in [0, 0.1) is 16.0 Å². The van der Waals surface area contributed by atoms with E-state index < -0.39 is 4.92 Å². The smallest absolute Gasteiger partial charge is 0.269 e. The number of piperidine rings is 1. The van der Waals surface area contributed by atoms with E-state index in [0.29, 0.717) is 29.3 Å². The van der Waals surface area contributed by atoms with Gasteiger partial charge in [-0.1, -0.05) is 0 Å². The lowest BCUT2D eigenvalue weighted by atomic mass is 9.96. The molecule has 0 radical (unpaired) electrons. The van der Waals surface area contributed by atoms with Crippen molar-refractivity contribution in [3.8, 4) is 11.3 Å². The topological polar surface area (TPSA) is 96.5 Å². The van der Waals surface area contributed by atoms with Crippen molar-refractivity contribution in [3.63, 3.8) is 0 Å². The van der Waals surface area contributed by atoms with Gasteiger partial charge in [0.15, 0.2) is 0 Å². The van der Waals surface area contributed by atoms with Gasteiger partial charge in [-0.3, -0.25) is 19.6 Å². The van der Waals surface area contributed by atoms with Crippen LogP contribution < -0.4 is 5.32 Å². The van der Waals surface area contributed by atoms with E-state index in [1.165, 1.54) is 12.1 Å². The number of likely N-dealkylation sites (N-methyl/N-ethyl adjacent to an activating group) is 1. The zero-order valence-corrected chi connectivity index (χ0v) is 17.9. The van der Waals surface area contributed by atoms with Gasteiger partial charge in [-0.25, -0.2) is 0 Å². The predicted molar refractivity (Wildman–Crippen MR) is 115 cm³/mol. The molecule has 3 rings (SSSR count). The summed E-state index contributed by atoms with van der Waals surface area (Å²) < 4.78 is 1.59. The van der Waals surface area contributed by atoms with Crippen molar-refractivity contribution >= 4 is 11.6 Å². The quantitative estimate of drug-likeness (QED) is 0.524. The molecule has 0 bridgehead atoms. The second-order valence-electron chi connectivity index (χ2n) is 8.17. The number of carbonyl (C=O) groups excluding carboxylic acids is 1. The van der Waals surface area contributed by atoms with Crippen LogP contribution >= 0.6 is 0 Å². The number of benzene rings is 1. The van der Waals surface area contributed by atoms with Crippen LogP contribution in [0.2, 0.25) is 0 Å². The number of rotatable bonds is 8. The fourth-order valence-corrected chi connectivity index (χ4v) is 3.70. The summed E-state index contributed by atoms with van der Waals surface area (Å²) in [6.07, 6.45) is 3.85. The van der Waals surface area contributed by atoms with Crippen LogP contribution in [0.3, 0.4) is 0 Å². The van der Waals surface area contributed by atoms with Gasteiger partial charge < -0.3 is 15.1 Å². The summed E-state index contributed by atoms with van der Waals surface area (Å²) in [7, 11) is 5.94. The van der Waals surface area contributed by atoms with Gasteiger partial charge in [0, 0.05) is 50.6 Å². The molecule has 30 heavy (non-hydrogen) atoms. The Morgan fingerprint density at radius 1 is 1.27 bits per heavy atom. The summed E-state index contributed by atoms with van der Waals surface area (Å²) in [5.41, 5.74) is 1.70. The van der Waals surface area contributed by atoms with E-state index in [1.54, 1.807) is 30.1 Å². The average molecular weight is 415 g/mol. The highest BCUT2D eigenvalue weighted by Crippen LogP contribution is 2.24. The first-order valence-corrected chi connectivity index (χ1v) is 10.3. The first-order valence-electron chi connectivity index (χ1n) is 10.3. The molecular formula is C21H30N6O3. The first kappa shape index (κ1) is 21.9. The maximum absolute atomic E-state index is 12.8. The number of hydrogen-bond donors (Lipinski definition) is 1. The molecule has 0 saturated carbocycles. The fourth-order valence-electron chi connectivity index (χ4n) is 3.70. The highest BCUT2D eigenvalue weighted by atomic mass is 16.6. The number of nitro benzene ring substituents is 1. The molecule has 2 aromatic rings. The minimum atomic E-state index is -0.443. The van der Waals surface area contributed by atoms with Gasteiger partial charge in [-0.15, -0.1) is 0 Å². The largest absolute Gasteiger partial charge is 0.352 e. The first-order chi connectivity index (χ1) is 14.3. The molecule has 1 aromatic heterocycles. The number of nitro groups is 1. The molecule has 9 nitrogen and oxygen atoms in total. The van der Waals surface area contributed by atoms with Crippen molar-refractivity contribution < 1.29 is 9.72 Å². The maximum Gasteiger partial charge on any atom is 0.269 e. The number of aromatic nitrogens is 2. The summed E-state index contributed by atoms with van der Waals surface area (Å²) >= 11 is 0. The molecule has 2 heterocycles. The van der Waals surface area contributed by atoms with Crippen LogP contribution in [-0.2, 0) is 7.05 Å². The molecule has 1 fully saturated rings. The number of non-ortho nitro benzene ring substituents is 1. The van der Waals surface area contributed by atoms with Gasteiger partial charge in [0.2, 0.25) is 0 Å². The molecule has 1 saturated heterocycles. The number of aryl methyl sites for hydroxylation is 1. The van der Waals surface area contributed by atoms with E-state index in [2.05, 4.69) is 34.3 Å². The Hall–Kier alpha value is -2.78. The van der Waals surface area contributed by atoms with Crippen LogP contribution in [0.5, 0.6) is 0 Å². The van der Waals surface area contributed by atoms with Crippen molar-refractivity contribution in [2.45, 2.75) is 12.8 Å². The summed E-state index contributed by atoms with van der Waals surface area (Å²) in [4.78, 5) is 27.9. The summed E-state index contributed by atoms with van der Waals surface area (Å²) in [6.45, 7) is 4.92. The van der Waals surface area contributed by atoms with Gasteiger partial charge in [-0.05, 0) is 58.1 Å². The van der Waals surface area contributed by atoms with Crippen molar-refractivity contribution in [2.24, 2.45) is 13.0 Å². The van der Waals surface area contributed by atoms with E-state index in [9.17, 15) is 14.9 Å². The minimum Gasteiger partial charge on any atom is -0.352 e. The average Bonchev–Trinajstić information content (AvgIpc) is 3.13. The molecule has 0 atom stereocenters. The number of amides is 1. The lowest BCUT2D eigenvalue weighted by Gasteiger charge is -2.32. The third-order valence-corrected chi connectivity index (χ3v) is 5.55. The van der Waals surface area contributed by atoms with Crippen LogP contribution in [0.1, 0.15) is 23.2 Å². The van der Waals surface area contributed by atoms with E-state index >= 15 is 0 Å². The zero-order valence-electron chi connectivity index (χ0n) is 17.9. The third-order valence-electron chi connectivity index (χ3n) is 5.55. The number of likely N-dealkylation sites (tertiary alicyclic amines) is 1. The van der Waals surface area contributed by atoms with Crippen molar-refractivity contribution in [2.75, 3.05) is 46.8 Å². The highest BCUT2D eigenvalue weighted by Gasteiger charge is 2.22. The van der Waals surface area contributed by atoms with Crippen molar-refractivity contribution in [3.05, 3.63) is 46.1 Å². The van der Waals surface area contributed by atoms with Crippen LogP contribution in [-0.4, -0.2) is 77.2 Å². The van der Waals surface area contributed by atoms with Crippen LogP contribution in [0.4, 0.5) is 5.69 Å². The van der Waals surface area contributed by atoms with E-state index in [1.807, 2.05) is 0 Å². The Morgan fingerprint density at radius 2 is 1.93 bits per heavy atom. The second-order valence-corrected chi connectivity index (χ2v) is 8.17. The molecular weight excluding hydrogens is 384 g/mol. The third kappa shape index (κ3) is 5.64. The molecule has 1 aromatic carbocycles. The zero-order chi connectivity index (χ0) is 21.7. The standard InChI is InChI=1S/C21H30N6O3/c1-24(2)12-13-26-10-8-16(9-11-26)14-22-21(28)19-15-25(3)23-20(19)17-4-6-18(7-5-17)27(29)30/h4-7,15-16H,8-14H2,1-3H3,(H,22,28). The summed E-state index contributed by atoms with van der Waals surface area (Å²) in [5, 5.41) is 18.3. The highest BCUT2D eigenvalue weighted by molar-refractivity contribution is 5.99. The normalized spacial score (nSPS) is 15.5. The van der Waals surface area contributed by atoms with Crippen LogP contribution in [0.15, 0.2) is 30.5 Å². The van der Waals surface area contributed by atoms with E-state index in [-0.39, 0.29) is 11.6 Å². The molecule has 162 valence electrons. The number of hydrogen-bond acceptors (Lipinski definition) is 6. The molecule has 0 unspecified atom stereocenters. The molecule has 1 N–H and O–H groups in total. The second kappa shape index (κ2) is 9.82. The Morgan fingerprint density at radius 3 is 2.53 bits per heavy atom. The predicted octanol–water partition coefficient (Wildman–Crippen LogP) is 2.00. The molecule has 9 heteroatoms.